The lowest BCUT2D eigenvalue weighted by molar-refractivity contribution is -0.136. The van der Waals surface area contributed by atoms with Gasteiger partial charge in [0.1, 0.15) is 24.1 Å². The number of hydrogen-bond acceptors (Lipinski definition) is 12. The summed E-state index contributed by atoms with van der Waals surface area (Å²) in [5, 5.41) is 8.81. The summed E-state index contributed by atoms with van der Waals surface area (Å²) in [5.41, 5.74) is 5.99. The SMILES string of the molecule is Cc1sc(NC(=O)Cc2cccc(OCCOCCNc3ccc4c(c3)C(=O)N(C3CCC(=O)NC3=O)C4=O)c2)nc1-c1ccc2c(c1)CCN2C(=O)c1cncn1C. The van der Waals surface area contributed by atoms with Crippen molar-refractivity contribution in [2.45, 2.75) is 38.6 Å². The Hall–Kier alpha value is -6.72. The van der Waals surface area contributed by atoms with Crippen molar-refractivity contribution < 1.29 is 38.2 Å². The number of anilines is 3. The summed E-state index contributed by atoms with van der Waals surface area (Å²) in [7, 11) is 1.80. The first-order valence-corrected chi connectivity index (χ1v) is 19.9. The van der Waals surface area contributed by atoms with Gasteiger partial charge in [0, 0.05) is 48.4 Å². The van der Waals surface area contributed by atoms with E-state index in [1.807, 2.05) is 43.3 Å². The van der Waals surface area contributed by atoms with E-state index in [1.165, 1.54) is 11.3 Å². The molecule has 0 radical (unpaired) electrons. The standard InChI is InChI=1S/C42H40N8O8S/c1-24-37(27-6-9-32-26(20-27)12-14-49(32)41(56)34-22-43-23-48(34)2)47-42(59-24)46-36(52)19-25-4-3-5-29(18-25)58-17-16-57-15-13-44-28-7-8-30-31(21-28)40(55)50(39(30)54)33-10-11-35(51)45-38(33)53/h3-9,18,20-23,33,44H,10-17,19H2,1-2H3,(H,45,51,53)(H,46,47,52). The van der Waals surface area contributed by atoms with Crippen molar-refractivity contribution >= 4 is 63.3 Å². The third-order valence-electron chi connectivity index (χ3n) is 10.3. The molecule has 1 saturated heterocycles. The van der Waals surface area contributed by atoms with E-state index in [9.17, 15) is 28.8 Å². The van der Waals surface area contributed by atoms with Gasteiger partial charge in [0.05, 0.1) is 49.0 Å². The van der Waals surface area contributed by atoms with Gasteiger partial charge in [-0.05, 0) is 73.4 Å². The smallest absolute Gasteiger partial charge is 0.276 e. The van der Waals surface area contributed by atoms with Crippen LogP contribution in [-0.2, 0) is 39.0 Å². The summed E-state index contributed by atoms with van der Waals surface area (Å²) in [6, 6.07) is 17.1. The zero-order valence-corrected chi connectivity index (χ0v) is 33.1. The van der Waals surface area contributed by atoms with E-state index in [0.717, 1.165) is 44.3 Å². The highest BCUT2D eigenvalue weighted by Crippen LogP contribution is 2.36. The van der Waals surface area contributed by atoms with Crippen LogP contribution in [0, 0.1) is 6.92 Å². The Balaban J connectivity index is 0.769. The van der Waals surface area contributed by atoms with Crippen molar-refractivity contribution in [3.8, 4) is 17.0 Å². The van der Waals surface area contributed by atoms with Crippen LogP contribution < -0.4 is 25.6 Å². The summed E-state index contributed by atoms with van der Waals surface area (Å²) in [5.74, 6) is -1.88. The number of fused-ring (bicyclic) bond motifs is 2. The van der Waals surface area contributed by atoms with Crippen molar-refractivity contribution in [2.75, 3.05) is 48.4 Å². The van der Waals surface area contributed by atoms with Crippen molar-refractivity contribution in [3.63, 3.8) is 0 Å². The molecule has 1 atom stereocenters. The highest BCUT2D eigenvalue weighted by Gasteiger charge is 2.44. The van der Waals surface area contributed by atoms with E-state index in [-0.39, 0.29) is 48.8 Å². The third-order valence-corrected chi connectivity index (χ3v) is 11.2. The van der Waals surface area contributed by atoms with E-state index in [2.05, 4.69) is 27.0 Å². The van der Waals surface area contributed by atoms with Gasteiger partial charge in [0.25, 0.3) is 17.7 Å². The fourth-order valence-corrected chi connectivity index (χ4v) is 8.29. The molecule has 3 N–H and O–H groups in total. The fraction of sp³-hybridized carbons (Fsp3) is 0.286. The van der Waals surface area contributed by atoms with E-state index < -0.39 is 29.7 Å². The van der Waals surface area contributed by atoms with E-state index in [0.29, 0.717) is 48.6 Å². The molecular weight excluding hydrogens is 777 g/mol. The van der Waals surface area contributed by atoms with Gasteiger partial charge in [-0.3, -0.25) is 39.0 Å². The van der Waals surface area contributed by atoms with Gasteiger partial charge in [0.15, 0.2) is 5.13 Å². The minimum Gasteiger partial charge on any atom is -0.491 e. The van der Waals surface area contributed by atoms with Gasteiger partial charge in [-0.25, -0.2) is 9.97 Å². The fourth-order valence-electron chi connectivity index (χ4n) is 7.44. The lowest BCUT2D eigenvalue weighted by Gasteiger charge is -2.27. The van der Waals surface area contributed by atoms with Crippen LogP contribution in [-0.4, -0.2) is 93.8 Å². The molecule has 0 aliphatic carbocycles. The summed E-state index contributed by atoms with van der Waals surface area (Å²) in [6.07, 6.45) is 4.21. The average Bonchev–Trinajstić information content (AvgIpc) is 3.99. The minimum absolute atomic E-state index is 0.0581. The second-order valence-corrected chi connectivity index (χ2v) is 15.5. The number of imide groups is 2. The minimum atomic E-state index is -1.02. The molecule has 2 aromatic heterocycles. The number of thiazole rings is 1. The van der Waals surface area contributed by atoms with E-state index in [1.54, 1.807) is 47.2 Å². The molecule has 6 amide bonds. The first kappa shape index (κ1) is 39.1. The number of carbonyl (C=O) groups is 6. The predicted molar refractivity (Wildman–Crippen MR) is 218 cm³/mol. The first-order valence-electron chi connectivity index (χ1n) is 19.1. The third kappa shape index (κ3) is 8.19. The van der Waals surface area contributed by atoms with Crippen molar-refractivity contribution in [2.24, 2.45) is 7.05 Å². The average molecular weight is 817 g/mol. The Morgan fingerprint density at radius 2 is 1.81 bits per heavy atom. The number of nitrogens with one attached hydrogen (secondary N) is 3. The molecule has 59 heavy (non-hydrogen) atoms. The molecule has 302 valence electrons. The zero-order valence-electron chi connectivity index (χ0n) is 32.3. The Kier molecular flexibility index (Phi) is 11.0. The number of hydrogen-bond donors (Lipinski definition) is 3. The second kappa shape index (κ2) is 16.6. The number of piperidine rings is 1. The number of amides is 6. The molecule has 3 aliphatic rings. The molecule has 0 saturated carbocycles. The topological polar surface area (TPSA) is 194 Å². The van der Waals surface area contributed by atoms with Gasteiger partial charge < -0.3 is 29.6 Å². The molecule has 1 unspecified atom stereocenters. The number of imidazole rings is 1. The lowest BCUT2D eigenvalue weighted by Crippen LogP contribution is -2.54. The molecule has 16 nitrogen and oxygen atoms in total. The van der Waals surface area contributed by atoms with Gasteiger partial charge in [-0.15, -0.1) is 11.3 Å². The maximum atomic E-state index is 13.1. The highest BCUT2D eigenvalue weighted by atomic mass is 32.1. The summed E-state index contributed by atoms with van der Waals surface area (Å²) < 4.78 is 13.3. The summed E-state index contributed by atoms with van der Waals surface area (Å²) in [4.78, 5) is 88.5. The van der Waals surface area contributed by atoms with Crippen LogP contribution in [0.3, 0.4) is 0 Å². The molecule has 0 spiro atoms. The van der Waals surface area contributed by atoms with Crippen molar-refractivity contribution in [1.82, 2.24) is 24.8 Å². The Labute approximate surface area is 342 Å². The Morgan fingerprint density at radius 1 is 0.966 bits per heavy atom. The molecule has 17 heteroatoms. The molecule has 0 bridgehead atoms. The van der Waals surface area contributed by atoms with E-state index in [4.69, 9.17) is 14.5 Å². The maximum Gasteiger partial charge on any atom is 0.276 e. The normalized spacial score (nSPS) is 15.9. The monoisotopic (exact) mass is 816 g/mol. The predicted octanol–water partition coefficient (Wildman–Crippen LogP) is 4.14. The number of benzene rings is 3. The first-order chi connectivity index (χ1) is 28.5. The zero-order chi connectivity index (χ0) is 41.2. The van der Waals surface area contributed by atoms with E-state index >= 15 is 0 Å². The van der Waals surface area contributed by atoms with Crippen molar-refractivity contribution in [1.29, 1.82) is 0 Å². The van der Waals surface area contributed by atoms with Gasteiger partial charge in [-0.1, -0.05) is 18.2 Å². The molecule has 5 aromatic rings. The van der Waals surface area contributed by atoms with Crippen LogP contribution in [0.25, 0.3) is 11.3 Å². The molecular formula is C42H40N8O8S. The number of aryl methyl sites for hydroxylation is 2. The number of rotatable bonds is 14. The van der Waals surface area contributed by atoms with Crippen LogP contribution in [0.5, 0.6) is 5.75 Å². The van der Waals surface area contributed by atoms with Gasteiger partial charge >= 0.3 is 0 Å². The second-order valence-electron chi connectivity index (χ2n) is 14.3. The number of ether oxygens (including phenoxy) is 2. The largest absolute Gasteiger partial charge is 0.491 e. The van der Waals surface area contributed by atoms with Crippen LogP contribution >= 0.6 is 11.3 Å². The highest BCUT2D eigenvalue weighted by molar-refractivity contribution is 7.16. The molecule has 5 heterocycles. The summed E-state index contributed by atoms with van der Waals surface area (Å²) >= 11 is 1.41. The Morgan fingerprint density at radius 3 is 2.63 bits per heavy atom. The molecule has 3 aliphatic heterocycles. The van der Waals surface area contributed by atoms with Gasteiger partial charge in [0.2, 0.25) is 17.7 Å². The van der Waals surface area contributed by atoms with Crippen LogP contribution in [0.15, 0.2) is 73.2 Å². The number of aromatic nitrogens is 3. The van der Waals surface area contributed by atoms with Crippen molar-refractivity contribution in [3.05, 3.63) is 106 Å². The van der Waals surface area contributed by atoms with Crippen LogP contribution in [0.4, 0.5) is 16.5 Å². The number of carbonyl (C=O) groups excluding carboxylic acids is 6. The van der Waals surface area contributed by atoms with Gasteiger partial charge in [-0.2, -0.15) is 0 Å². The molecule has 3 aromatic carbocycles. The molecule has 1 fully saturated rings. The van der Waals surface area contributed by atoms with Crippen LogP contribution in [0.2, 0.25) is 0 Å². The Bertz CT molecular complexity index is 2510. The molecule has 8 rings (SSSR count). The summed E-state index contributed by atoms with van der Waals surface area (Å²) in [6.45, 7) is 3.91. The maximum absolute atomic E-state index is 13.1. The lowest BCUT2D eigenvalue weighted by atomic mass is 10.0. The number of nitrogens with zero attached hydrogens (tertiary/aromatic N) is 5. The quantitative estimate of drug-likeness (QED) is 0.108. The van der Waals surface area contributed by atoms with Crippen LogP contribution in [0.1, 0.15) is 60.1 Å².